The molecule has 1 saturated heterocycles. The Morgan fingerprint density at radius 3 is 3.27 bits per heavy atom. The van der Waals surface area contributed by atoms with Gasteiger partial charge in [-0.05, 0) is 44.4 Å². The Morgan fingerprint density at radius 1 is 1.67 bits per heavy atom. The molecule has 2 atom stereocenters. The standard InChI is InChI=1S/C12H19NO2/c1-10(12-5-3-7-14-12)15-9-11-4-2-6-13-8-11/h3,5,7,10-11,13H,2,4,6,8-9H2,1H3/t10-,11+/m1/s1. The maximum Gasteiger partial charge on any atom is 0.132 e. The van der Waals surface area contributed by atoms with Crippen molar-refractivity contribution in [2.75, 3.05) is 19.7 Å². The van der Waals surface area contributed by atoms with Gasteiger partial charge in [0, 0.05) is 6.54 Å². The van der Waals surface area contributed by atoms with E-state index in [1.54, 1.807) is 6.26 Å². The Morgan fingerprint density at radius 2 is 2.60 bits per heavy atom. The number of ether oxygens (including phenoxy) is 1. The fraction of sp³-hybridized carbons (Fsp3) is 0.667. The zero-order chi connectivity index (χ0) is 10.5. The second-order valence-corrected chi connectivity index (χ2v) is 4.20. The quantitative estimate of drug-likeness (QED) is 0.826. The number of rotatable bonds is 4. The van der Waals surface area contributed by atoms with Crippen LogP contribution in [0.3, 0.4) is 0 Å². The monoisotopic (exact) mass is 209 g/mol. The molecule has 0 spiro atoms. The van der Waals surface area contributed by atoms with E-state index in [2.05, 4.69) is 5.32 Å². The molecule has 0 amide bonds. The third-order valence-corrected chi connectivity index (χ3v) is 2.92. The second kappa shape index (κ2) is 5.33. The number of furan rings is 1. The zero-order valence-electron chi connectivity index (χ0n) is 9.24. The van der Waals surface area contributed by atoms with Gasteiger partial charge in [-0.25, -0.2) is 0 Å². The van der Waals surface area contributed by atoms with Gasteiger partial charge in [0.05, 0.1) is 12.9 Å². The lowest BCUT2D eigenvalue weighted by Crippen LogP contribution is -2.32. The van der Waals surface area contributed by atoms with Crippen LogP contribution in [-0.4, -0.2) is 19.7 Å². The summed E-state index contributed by atoms with van der Waals surface area (Å²) in [7, 11) is 0. The van der Waals surface area contributed by atoms with Crippen LogP contribution in [0.15, 0.2) is 22.8 Å². The van der Waals surface area contributed by atoms with Gasteiger partial charge in [0.15, 0.2) is 0 Å². The van der Waals surface area contributed by atoms with Crippen LogP contribution in [0.5, 0.6) is 0 Å². The van der Waals surface area contributed by atoms with Crippen LogP contribution < -0.4 is 5.32 Å². The highest BCUT2D eigenvalue weighted by Gasteiger charge is 2.15. The molecule has 1 aromatic rings. The summed E-state index contributed by atoms with van der Waals surface area (Å²) < 4.78 is 11.1. The first-order valence-electron chi connectivity index (χ1n) is 5.72. The van der Waals surface area contributed by atoms with E-state index in [0.717, 1.165) is 25.5 Å². The van der Waals surface area contributed by atoms with E-state index in [-0.39, 0.29) is 6.10 Å². The number of hydrogen-bond donors (Lipinski definition) is 1. The minimum Gasteiger partial charge on any atom is -0.467 e. The molecule has 0 bridgehead atoms. The van der Waals surface area contributed by atoms with E-state index in [0.29, 0.717) is 5.92 Å². The average Bonchev–Trinajstić information content (AvgIpc) is 2.81. The van der Waals surface area contributed by atoms with Gasteiger partial charge in [-0.15, -0.1) is 0 Å². The fourth-order valence-corrected chi connectivity index (χ4v) is 1.95. The lowest BCUT2D eigenvalue weighted by molar-refractivity contribution is 0.0217. The van der Waals surface area contributed by atoms with Crippen molar-refractivity contribution in [3.63, 3.8) is 0 Å². The van der Waals surface area contributed by atoms with Gasteiger partial charge in [0.25, 0.3) is 0 Å². The summed E-state index contributed by atoms with van der Waals surface area (Å²) in [5.74, 6) is 1.58. The maximum atomic E-state index is 5.79. The number of hydrogen-bond acceptors (Lipinski definition) is 3. The van der Waals surface area contributed by atoms with E-state index < -0.39 is 0 Å². The molecule has 0 aromatic carbocycles. The van der Waals surface area contributed by atoms with Crippen molar-refractivity contribution < 1.29 is 9.15 Å². The van der Waals surface area contributed by atoms with E-state index in [9.17, 15) is 0 Å². The van der Waals surface area contributed by atoms with E-state index in [1.807, 2.05) is 19.1 Å². The molecule has 1 aliphatic rings. The van der Waals surface area contributed by atoms with Gasteiger partial charge in [-0.3, -0.25) is 0 Å². The van der Waals surface area contributed by atoms with Crippen molar-refractivity contribution in [1.29, 1.82) is 0 Å². The normalized spacial score (nSPS) is 23.9. The molecule has 1 aromatic heterocycles. The molecule has 0 unspecified atom stereocenters. The van der Waals surface area contributed by atoms with Gasteiger partial charge >= 0.3 is 0 Å². The molecule has 0 saturated carbocycles. The topological polar surface area (TPSA) is 34.4 Å². The molecule has 2 rings (SSSR count). The molecule has 3 nitrogen and oxygen atoms in total. The lowest BCUT2D eigenvalue weighted by atomic mass is 10.0. The first-order valence-corrected chi connectivity index (χ1v) is 5.72. The molecule has 1 N–H and O–H groups in total. The predicted octanol–water partition coefficient (Wildman–Crippen LogP) is 2.36. The van der Waals surface area contributed by atoms with Crippen LogP contribution in [0.25, 0.3) is 0 Å². The first kappa shape index (κ1) is 10.7. The smallest absolute Gasteiger partial charge is 0.132 e. The van der Waals surface area contributed by atoms with E-state index in [4.69, 9.17) is 9.15 Å². The highest BCUT2D eigenvalue weighted by Crippen LogP contribution is 2.19. The number of piperidine rings is 1. The van der Waals surface area contributed by atoms with Crippen LogP contribution >= 0.6 is 0 Å². The van der Waals surface area contributed by atoms with Crippen molar-refractivity contribution in [1.82, 2.24) is 5.32 Å². The predicted molar refractivity (Wildman–Crippen MR) is 58.7 cm³/mol. The second-order valence-electron chi connectivity index (χ2n) is 4.20. The molecule has 0 aliphatic carbocycles. The van der Waals surface area contributed by atoms with Crippen molar-refractivity contribution in [3.8, 4) is 0 Å². The van der Waals surface area contributed by atoms with Crippen molar-refractivity contribution in [2.45, 2.75) is 25.9 Å². The molecule has 0 radical (unpaired) electrons. The van der Waals surface area contributed by atoms with Crippen LogP contribution in [0.4, 0.5) is 0 Å². The van der Waals surface area contributed by atoms with Crippen LogP contribution in [0.2, 0.25) is 0 Å². The van der Waals surface area contributed by atoms with Crippen LogP contribution in [-0.2, 0) is 4.74 Å². The number of nitrogens with one attached hydrogen (secondary N) is 1. The molecule has 1 aliphatic heterocycles. The highest BCUT2D eigenvalue weighted by atomic mass is 16.5. The Balaban J connectivity index is 1.73. The minimum absolute atomic E-state index is 0.0712. The zero-order valence-corrected chi connectivity index (χ0v) is 9.24. The summed E-state index contributed by atoms with van der Waals surface area (Å²) in [6.45, 7) is 5.11. The Labute approximate surface area is 90.8 Å². The third kappa shape index (κ3) is 3.08. The maximum absolute atomic E-state index is 5.79. The third-order valence-electron chi connectivity index (χ3n) is 2.92. The van der Waals surface area contributed by atoms with Crippen molar-refractivity contribution >= 4 is 0 Å². The summed E-state index contributed by atoms with van der Waals surface area (Å²) in [5.41, 5.74) is 0. The summed E-state index contributed by atoms with van der Waals surface area (Å²) in [5, 5.41) is 3.39. The lowest BCUT2D eigenvalue weighted by Gasteiger charge is -2.23. The van der Waals surface area contributed by atoms with Gasteiger partial charge in [-0.2, -0.15) is 0 Å². The molecular formula is C12H19NO2. The van der Waals surface area contributed by atoms with E-state index in [1.165, 1.54) is 12.8 Å². The molecule has 84 valence electrons. The highest BCUT2D eigenvalue weighted by molar-refractivity contribution is 5.00. The minimum atomic E-state index is 0.0712. The molecule has 15 heavy (non-hydrogen) atoms. The molecular weight excluding hydrogens is 190 g/mol. The fourth-order valence-electron chi connectivity index (χ4n) is 1.95. The Bertz CT molecular complexity index is 265. The van der Waals surface area contributed by atoms with Gasteiger partial charge in [0.2, 0.25) is 0 Å². The molecule has 1 fully saturated rings. The largest absolute Gasteiger partial charge is 0.467 e. The Kier molecular flexibility index (Phi) is 3.80. The Hall–Kier alpha value is -0.800. The molecule has 2 heterocycles. The van der Waals surface area contributed by atoms with Gasteiger partial charge in [0.1, 0.15) is 11.9 Å². The first-order chi connectivity index (χ1) is 7.36. The van der Waals surface area contributed by atoms with Crippen LogP contribution in [0.1, 0.15) is 31.6 Å². The van der Waals surface area contributed by atoms with Crippen molar-refractivity contribution in [3.05, 3.63) is 24.2 Å². The summed E-state index contributed by atoms with van der Waals surface area (Å²) >= 11 is 0. The van der Waals surface area contributed by atoms with E-state index >= 15 is 0 Å². The summed E-state index contributed by atoms with van der Waals surface area (Å²) in [6.07, 6.45) is 4.31. The van der Waals surface area contributed by atoms with Gasteiger partial charge < -0.3 is 14.5 Å². The van der Waals surface area contributed by atoms with Crippen molar-refractivity contribution in [2.24, 2.45) is 5.92 Å². The average molecular weight is 209 g/mol. The van der Waals surface area contributed by atoms with Crippen LogP contribution in [0, 0.1) is 5.92 Å². The summed E-state index contributed by atoms with van der Waals surface area (Å²) in [6, 6.07) is 3.86. The molecule has 3 heteroatoms. The summed E-state index contributed by atoms with van der Waals surface area (Å²) in [4.78, 5) is 0. The SMILES string of the molecule is C[C@@H](OC[C@H]1CCCNC1)c1ccco1. The van der Waals surface area contributed by atoms with Gasteiger partial charge in [-0.1, -0.05) is 0 Å².